The van der Waals surface area contributed by atoms with Gasteiger partial charge in [-0.2, -0.15) is 5.10 Å². The first-order chi connectivity index (χ1) is 35.5. The number of nitrogens with one attached hydrogen (secondary N) is 2. The zero-order valence-corrected chi connectivity index (χ0v) is 42.1. The number of amides is 3. The van der Waals surface area contributed by atoms with Gasteiger partial charge in [-0.25, -0.2) is 14.8 Å². The highest BCUT2D eigenvalue weighted by atomic mass is 32.1. The Kier molecular flexibility index (Phi) is 13.6. The molecule has 17 heteroatoms. The Labute approximate surface area is 428 Å². The molecular weight excluding hydrogens is 941 g/mol. The number of piperidine rings is 2. The van der Waals surface area contributed by atoms with E-state index >= 15 is 0 Å². The molecule has 3 saturated heterocycles. The summed E-state index contributed by atoms with van der Waals surface area (Å²) in [4.78, 5) is 69.8. The van der Waals surface area contributed by atoms with Gasteiger partial charge in [0.25, 0.3) is 5.91 Å². The van der Waals surface area contributed by atoms with Gasteiger partial charge in [-0.05, 0) is 135 Å². The number of hydrogen-bond acceptors (Lipinski definition) is 13. The Balaban J connectivity index is 0.646. The van der Waals surface area contributed by atoms with E-state index in [2.05, 4.69) is 48.5 Å². The van der Waals surface area contributed by atoms with Crippen LogP contribution in [0.2, 0.25) is 0 Å². The zero-order chi connectivity index (χ0) is 50.2. The number of imide groups is 1. The summed E-state index contributed by atoms with van der Waals surface area (Å²) in [5.41, 5.74) is 8.43. The van der Waals surface area contributed by atoms with Gasteiger partial charge in [-0.1, -0.05) is 47.7 Å². The summed E-state index contributed by atoms with van der Waals surface area (Å²) in [6.07, 6.45) is 4.76. The molecule has 3 N–H and O–H groups in total. The van der Waals surface area contributed by atoms with Crippen molar-refractivity contribution in [1.82, 2.24) is 34.9 Å². The van der Waals surface area contributed by atoms with Crippen molar-refractivity contribution >= 4 is 72.8 Å². The van der Waals surface area contributed by atoms with Gasteiger partial charge in [0.05, 0.1) is 34.0 Å². The van der Waals surface area contributed by atoms with Gasteiger partial charge < -0.3 is 24.5 Å². The van der Waals surface area contributed by atoms with Gasteiger partial charge in [-0.15, -0.1) is 0 Å². The number of hydrogen-bond donors (Lipinski definition) is 3. The smallest absolute Gasteiger partial charge is 0.355 e. The van der Waals surface area contributed by atoms with E-state index in [4.69, 9.17) is 14.8 Å². The predicted octanol–water partition coefficient (Wildman–Crippen LogP) is 7.89. The summed E-state index contributed by atoms with van der Waals surface area (Å²) >= 11 is 1.44. The van der Waals surface area contributed by atoms with E-state index in [1.165, 1.54) is 29.9 Å². The fourth-order valence-electron chi connectivity index (χ4n) is 11.2. The number of fused-ring (bicyclic) bond motifs is 3. The number of likely N-dealkylation sites (tertiary alicyclic amines) is 1. The maximum Gasteiger partial charge on any atom is 0.355 e. The van der Waals surface area contributed by atoms with Crippen LogP contribution < -0.4 is 25.2 Å². The number of pyridine rings is 1. The van der Waals surface area contributed by atoms with Crippen molar-refractivity contribution in [3.05, 3.63) is 125 Å². The van der Waals surface area contributed by atoms with Crippen LogP contribution in [-0.4, -0.2) is 124 Å². The second-order valence-corrected chi connectivity index (χ2v) is 20.9. The molecule has 73 heavy (non-hydrogen) atoms. The molecule has 0 aliphatic carbocycles. The molecule has 0 radical (unpaired) electrons. The van der Waals surface area contributed by atoms with Crippen molar-refractivity contribution in [2.45, 2.75) is 57.9 Å². The number of carbonyl (C=O) groups is 4. The number of thiazole rings is 1. The molecule has 7 heterocycles. The number of piperazine rings is 1. The molecule has 3 amide bonds. The average molecular weight is 1000 g/mol. The van der Waals surface area contributed by atoms with Gasteiger partial charge in [0, 0.05) is 88.0 Å². The Morgan fingerprint density at radius 3 is 2.47 bits per heavy atom. The Morgan fingerprint density at radius 1 is 0.836 bits per heavy atom. The topological polar surface area (TPSA) is 178 Å². The van der Waals surface area contributed by atoms with E-state index in [0.29, 0.717) is 67.0 Å². The lowest BCUT2D eigenvalue weighted by molar-refractivity contribution is -0.134. The summed E-state index contributed by atoms with van der Waals surface area (Å²) in [7, 11) is 1.92. The van der Waals surface area contributed by atoms with Crippen molar-refractivity contribution in [3.63, 3.8) is 0 Å². The number of ether oxygens (including phenoxy) is 1. The number of carboxylic acids is 1. The van der Waals surface area contributed by atoms with E-state index in [-0.39, 0.29) is 23.4 Å². The molecule has 11 rings (SSSR count). The first-order valence-corrected chi connectivity index (χ1v) is 26.3. The summed E-state index contributed by atoms with van der Waals surface area (Å²) < 4.78 is 9.23. The lowest BCUT2D eigenvalue weighted by atomic mass is 9.93. The molecule has 3 fully saturated rings. The molecule has 4 aromatic carbocycles. The third kappa shape index (κ3) is 10.1. The zero-order valence-electron chi connectivity index (χ0n) is 41.3. The van der Waals surface area contributed by atoms with Crippen LogP contribution in [-0.2, 0) is 29.6 Å². The summed E-state index contributed by atoms with van der Waals surface area (Å²) in [5.74, 6) is -0.263. The summed E-state index contributed by atoms with van der Waals surface area (Å²) in [6.45, 7) is 11.8. The highest BCUT2D eigenvalue weighted by Crippen LogP contribution is 2.36. The van der Waals surface area contributed by atoms with E-state index in [1.807, 2.05) is 96.3 Å². The standard InChI is InChI=1S/C56H60N10O6S/c1-35-39(40-16-18-49(58-52(40)55(70)71)66-26-22-37-8-5-10-41(44(37)34-66)53(68)60-56-57-45-11-3-4-13-48(45)73-56)9-6-12-47(35)72-31-7-23-63-24-20-36(21-25-63)33-64-27-29-65(30-28-64)38-14-15-42-46(32-38)62(2)61-51(42)43-17-19-50(67)59-54(43)69/h3-6,8-16,18,32,36,43H,7,17,19-31,33-34H2,1-2H3,(H,70,71)(H,57,60,68)(H,59,67,69). The number of rotatable bonds is 14. The SMILES string of the molecule is Cc1c(OCCCN2CCC(CN3CCN(c4ccc5c(C6CCC(=O)NC6=O)nn(C)c5c4)CC3)CC2)cccc1-c1ccc(N2CCc3cccc(C(=O)Nc4nc5ccccc5s4)c3C2)nc1C(=O)O. The first-order valence-electron chi connectivity index (χ1n) is 25.5. The van der Waals surface area contributed by atoms with E-state index in [1.54, 1.807) is 0 Å². The maximum absolute atomic E-state index is 13.6. The Bertz CT molecular complexity index is 3210. The number of carbonyl (C=O) groups excluding carboxylic acids is 3. The molecule has 1 unspecified atom stereocenters. The number of aryl methyl sites for hydroxylation is 1. The molecule has 0 spiro atoms. The molecule has 376 valence electrons. The lowest BCUT2D eigenvalue weighted by Crippen LogP contribution is -2.49. The molecule has 16 nitrogen and oxygen atoms in total. The molecule has 3 aromatic heterocycles. The second kappa shape index (κ2) is 20.7. The largest absolute Gasteiger partial charge is 0.493 e. The highest BCUT2D eigenvalue weighted by molar-refractivity contribution is 7.22. The lowest BCUT2D eigenvalue weighted by Gasteiger charge is -2.39. The van der Waals surface area contributed by atoms with Crippen LogP contribution in [0.5, 0.6) is 5.75 Å². The summed E-state index contributed by atoms with van der Waals surface area (Å²) in [6, 6.07) is 29.5. The fraction of sp³-hybridized carbons (Fsp3) is 0.375. The minimum absolute atomic E-state index is 0.0281. The van der Waals surface area contributed by atoms with Crippen molar-refractivity contribution < 1.29 is 29.0 Å². The van der Waals surface area contributed by atoms with Crippen LogP contribution in [0.4, 0.5) is 16.6 Å². The van der Waals surface area contributed by atoms with Crippen LogP contribution in [0.15, 0.2) is 91.0 Å². The van der Waals surface area contributed by atoms with Crippen LogP contribution in [0.1, 0.15) is 81.3 Å². The predicted molar refractivity (Wildman–Crippen MR) is 284 cm³/mol. The van der Waals surface area contributed by atoms with Crippen LogP contribution >= 0.6 is 11.3 Å². The van der Waals surface area contributed by atoms with E-state index in [9.17, 15) is 24.3 Å². The third-order valence-corrected chi connectivity index (χ3v) is 16.2. The molecule has 0 bridgehead atoms. The molecule has 4 aliphatic heterocycles. The molecule has 0 saturated carbocycles. The van der Waals surface area contributed by atoms with Gasteiger partial charge in [0.2, 0.25) is 11.8 Å². The maximum atomic E-state index is 13.6. The molecule has 1 atom stereocenters. The highest BCUT2D eigenvalue weighted by Gasteiger charge is 2.33. The van der Waals surface area contributed by atoms with Crippen molar-refractivity contribution in [3.8, 4) is 16.9 Å². The van der Waals surface area contributed by atoms with Crippen molar-refractivity contribution in [2.24, 2.45) is 13.0 Å². The van der Waals surface area contributed by atoms with Gasteiger partial charge in [-0.3, -0.25) is 34.6 Å². The van der Waals surface area contributed by atoms with Crippen molar-refractivity contribution in [2.75, 3.05) is 80.6 Å². The Hall–Kier alpha value is -7.21. The monoisotopic (exact) mass is 1000 g/mol. The first kappa shape index (κ1) is 48.1. The van der Waals surface area contributed by atoms with Crippen LogP contribution in [0, 0.1) is 12.8 Å². The number of para-hydroxylation sites is 1. The normalized spacial score (nSPS) is 18.0. The number of carboxylic acid groups (broad SMARTS) is 1. The third-order valence-electron chi connectivity index (χ3n) is 15.3. The van der Waals surface area contributed by atoms with E-state index < -0.39 is 11.9 Å². The minimum Gasteiger partial charge on any atom is -0.493 e. The van der Waals surface area contributed by atoms with Gasteiger partial charge in [0.1, 0.15) is 11.6 Å². The number of aromatic nitrogens is 4. The quantitative estimate of drug-likeness (QED) is 0.0709. The summed E-state index contributed by atoms with van der Waals surface area (Å²) in [5, 5.41) is 22.2. The van der Waals surface area contributed by atoms with Crippen LogP contribution in [0.3, 0.4) is 0 Å². The number of aromatic carboxylic acids is 1. The number of nitrogens with zero attached hydrogens (tertiary/aromatic N) is 8. The molecule has 4 aliphatic rings. The average Bonchev–Trinajstić information content (AvgIpc) is 3.97. The molecular formula is C56H60N10O6S. The molecule has 7 aromatic rings. The van der Waals surface area contributed by atoms with Gasteiger partial charge >= 0.3 is 5.97 Å². The van der Waals surface area contributed by atoms with Gasteiger partial charge in [0.15, 0.2) is 10.8 Å². The Morgan fingerprint density at radius 2 is 1.66 bits per heavy atom. The number of benzene rings is 4. The minimum atomic E-state index is -1.11. The fourth-order valence-corrected chi connectivity index (χ4v) is 12.1. The van der Waals surface area contributed by atoms with Crippen LogP contribution in [0.25, 0.3) is 32.2 Å². The van der Waals surface area contributed by atoms with Crippen molar-refractivity contribution in [1.29, 1.82) is 0 Å². The van der Waals surface area contributed by atoms with E-state index in [0.717, 1.165) is 114 Å². The second-order valence-electron chi connectivity index (χ2n) is 19.8. The number of anilines is 3.